The summed E-state index contributed by atoms with van der Waals surface area (Å²) in [5.74, 6) is 2.31. The highest BCUT2D eigenvalue weighted by Gasteiger charge is 2.31. The van der Waals surface area contributed by atoms with Crippen molar-refractivity contribution in [3.63, 3.8) is 0 Å². The number of anilines is 1. The highest BCUT2D eigenvalue weighted by atomic mass is 16.1. The largest absolute Gasteiger partial charge is 0.371 e. The van der Waals surface area contributed by atoms with Crippen LogP contribution >= 0.6 is 0 Å². The zero-order valence-corrected chi connectivity index (χ0v) is 20.4. The SMILES string of the molecule is CCCC(c1nc2ccc(N3CCC(N)CC3)cc2c(=O)n1CC)N1C[C@H](C)C[C@H](C)C1. The van der Waals surface area contributed by atoms with Crippen LogP contribution in [0.5, 0.6) is 0 Å². The van der Waals surface area contributed by atoms with Crippen LogP contribution < -0.4 is 16.2 Å². The van der Waals surface area contributed by atoms with E-state index in [0.717, 1.165) is 74.3 Å². The molecule has 32 heavy (non-hydrogen) atoms. The molecule has 2 N–H and O–H groups in total. The van der Waals surface area contributed by atoms with E-state index in [1.54, 1.807) is 0 Å². The van der Waals surface area contributed by atoms with E-state index in [1.807, 2.05) is 4.57 Å². The van der Waals surface area contributed by atoms with Crippen LogP contribution in [0.3, 0.4) is 0 Å². The number of piperidine rings is 2. The predicted molar refractivity (Wildman–Crippen MR) is 133 cm³/mol. The van der Waals surface area contributed by atoms with Crippen molar-refractivity contribution < 1.29 is 0 Å². The Balaban J connectivity index is 1.74. The fourth-order valence-electron chi connectivity index (χ4n) is 5.85. The summed E-state index contributed by atoms with van der Waals surface area (Å²) in [6.07, 6.45) is 5.39. The molecule has 4 rings (SSSR count). The topological polar surface area (TPSA) is 67.4 Å². The summed E-state index contributed by atoms with van der Waals surface area (Å²) >= 11 is 0. The molecule has 0 aliphatic carbocycles. The molecule has 0 bridgehead atoms. The molecule has 6 heteroatoms. The lowest BCUT2D eigenvalue weighted by molar-refractivity contribution is 0.0836. The van der Waals surface area contributed by atoms with Crippen molar-refractivity contribution in [2.75, 3.05) is 31.1 Å². The molecule has 0 saturated carbocycles. The molecule has 0 amide bonds. The van der Waals surface area contributed by atoms with Gasteiger partial charge in [-0.2, -0.15) is 0 Å². The van der Waals surface area contributed by atoms with E-state index in [-0.39, 0.29) is 11.6 Å². The van der Waals surface area contributed by atoms with Gasteiger partial charge < -0.3 is 10.6 Å². The summed E-state index contributed by atoms with van der Waals surface area (Å²) < 4.78 is 1.93. The summed E-state index contributed by atoms with van der Waals surface area (Å²) in [6, 6.07) is 6.73. The Morgan fingerprint density at radius 2 is 1.81 bits per heavy atom. The molecule has 2 aromatic rings. The lowest BCUT2D eigenvalue weighted by Gasteiger charge is -2.40. The first-order chi connectivity index (χ1) is 15.4. The zero-order chi connectivity index (χ0) is 22.8. The van der Waals surface area contributed by atoms with Crippen LogP contribution in [0.15, 0.2) is 23.0 Å². The number of nitrogens with zero attached hydrogens (tertiary/aromatic N) is 4. The average Bonchev–Trinajstić information content (AvgIpc) is 2.77. The van der Waals surface area contributed by atoms with Crippen molar-refractivity contribution in [2.24, 2.45) is 17.6 Å². The molecule has 2 fully saturated rings. The number of nitrogens with two attached hydrogens (primary N) is 1. The Morgan fingerprint density at radius 3 is 2.44 bits per heavy atom. The molecule has 2 aliphatic rings. The second kappa shape index (κ2) is 9.92. The van der Waals surface area contributed by atoms with E-state index in [9.17, 15) is 4.79 Å². The Kier molecular flexibility index (Phi) is 7.21. The van der Waals surface area contributed by atoms with Crippen LogP contribution in [0.25, 0.3) is 10.9 Å². The van der Waals surface area contributed by atoms with Crippen LogP contribution in [0.1, 0.15) is 71.7 Å². The summed E-state index contributed by atoms with van der Waals surface area (Å²) in [4.78, 5) is 23.7. The minimum absolute atomic E-state index is 0.0993. The van der Waals surface area contributed by atoms with Gasteiger partial charge in [0.1, 0.15) is 5.82 Å². The van der Waals surface area contributed by atoms with Gasteiger partial charge in [0, 0.05) is 44.5 Å². The molecule has 2 aliphatic heterocycles. The first-order valence-corrected chi connectivity index (χ1v) is 12.7. The van der Waals surface area contributed by atoms with Crippen LogP contribution in [0.2, 0.25) is 0 Å². The second-order valence-corrected chi connectivity index (χ2v) is 10.2. The van der Waals surface area contributed by atoms with Gasteiger partial charge in [-0.3, -0.25) is 14.3 Å². The Labute approximate surface area is 192 Å². The van der Waals surface area contributed by atoms with Crippen LogP contribution in [0, 0.1) is 11.8 Å². The maximum absolute atomic E-state index is 13.7. The Hall–Kier alpha value is -1.92. The molecule has 3 atom stereocenters. The van der Waals surface area contributed by atoms with Crippen molar-refractivity contribution in [3.8, 4) is 0 Å². The third-order valence-corrected chi connectivity index (χ3v) is 7.39. The second-order valence-electron chi connectivity index (χ2n) is 10.2. The van der Waals surface area contributed by atoms with Crippen LogP contribution in [-0.4, -0.2) is 46.7 Å². The fourth-order valence-corrected chi connectivity index (χ4v) is 5.85. The van der Waals surface area contributed by atoms with E-state index >= 15 is 0 Å². The van der Waals surface area contributed by atoms with Crippen LogP contribution in [0.4, 0.5) is 5.69 Å². The molecule has 176 valence electrons. The first-order valence-electron chi connectivity index (χ1n) is 12.7. The van der Waals surface area contributed by atoms with Gasteiger partial charge in [-0.15, -0.1) is 0 Å². The monoisotopic (exact) mass is 439 g/mol. The Bertz CT molecular complexity index is 968. The zero-order valence-electron chi connectivity index (χ0n) is 20.4. The number of likely N-dealkylation sites (tertiary alicyclic amines) is 1. The van der Waals surface area contributed by atoms with E-state index in [0.29, 0.717) is 24.4 Å². The standard InChI is InChI=1S/C26H41N5O/c1-5-7-24(30-16-18(3)14-19(4)17-30)25-28-23-9-8-21(29-12-10-20(27)11-13-29)15-22(23)26(32)31(25)6-2/h8-9,15,18-20,24H,5-7,10-14,16-17,27H2,1-4H3/t18-,19+,24?. The molecule has 1 unspecified atom stereocenters. The molecule has 1 aromatic carbocycles. The number of aromatic nitrogens is 2. The van der Waals surface area contributed by atoms with E-state index in [2.05, 4.69) is 55.7 Å². The van der Waals surface area contributed by atoms with Gasteiger partial charge in [-0.05, 0) is 62.6 Å². The van der Waals surface area contributed by atoms with Crippen molar-refractivity contribution >= 4 is 16.6 Å². The van der Waals surface area contributed by atoms with E-state index < -0.39 is 0 Å². The van der Waals surface area contributed by atoms with Crippen molar-refractivity contribution in [1.29, 1.82) is 0 Å². The van der Waals surface area contributed by atoms with Gasteiger partial charge in [0.2, 0.25) is 0 Å². The van der Waals surface area contributed by atoms with Crippen molar-refractivity contribution in [3.05, 3.63) is 34.4 Å². The molecule has 3 heterocycles. The highest BCUT2D eigenvalue weighted by Crippen LogP contribution is 2.32. The molecule has 0 spiro atoms. The average molecular weight is 440 g/mol. The molecular weight excluding hydrogens is 398 g/mol. The highest BCUT2D eigenvalue weighted by molar-refractivity contribution is 5.82. The summed E-state index contributed by atoms with van der Waals surface area (Å²) in [6.45, 7) is 13.7. The number of fused-ring (bicyclic) bond motifs is 1. The van der Waals surface area contributed by atoms with Crippen molar-refractivity contribution in [2.45, 2.75) is 78.4 Å². The minimum Gasteiger partial charge on any atom is -0.371 e. The quantitative estimate of drug-likeness (QED) is 0.732. The minimum atomic E-state index is 0.0993. The van der Waals surface area contributed by atoms with Gasteiger partial charge in [-0.25, -0.2) is 4.98 Å². The normalized spacial score (nSPS) is 24.2. The molecule has 1 aromatic heterocycles. The van der Waals surface area contributed by atoms with Gasteiger partial charge in [-0.1, -0.05) is 27.2 Å². The molecule has 0 radical (unpaired) electrons. The predicted octanol–water partition coefficient (Wildman–Crippen LogP) is 4.16. The Morgan fingerprint density at radius 1 is 1.12 bits per heavy atom. The lowest BCUT2D eigenvalue weighted by Crippen LogP contribution is -2.43. The van der Waals surface area contributed by atoms with Gasteiger partial charge in [0.05, 0.1) is 16.9 Å². The van der Waals surface area contributed by atoms with E-state index in [4.69, 9.17) is 10.7 Å². The number of hydrogen-bond donors (Lipinski definition) is 1. The summed E-state index contributed by atoms with van der Waals surface area (Å²) in [7, 11) is 0. The molecule has 6 nitrogen and oxygen atoms in total. The first kappa shape index (κ1) is 23.2. The smallest absolute Gasteiger partial charge is 0.261 e. The maximum atomic E-state index is 13.7. The number of rotatable bonds is 6. The fraction of sp³-hybridized carbons (Fsp3) is 0.692. The maximum Gasteiger partial charge on any atom is 0.261 e. The molecule has 2 saturated heterocycles. The third-order valence-electron chi connectivity index (χ3n) is 7.39. The van der Waals surface area contributed by atoms with E-state index in [1.165, 1.54) is 6.42 Å². The lowest BCUT2D eigenvalue weighted by atomic mass is 9.90. The van der Waals surface area contributed by atoms with Gasteiger partial charge >= 0.3 is 0 Å². The van der Waals surface area contributed by atoms with Gasteiger partial charge in [0.25, 0.3) is 5.56 Å². The van der Waals surface area contributed by atoms with Crippen molar-refractivity contribution in [1.82, 2.24) is 14.5 Å². The number of hydrogen-bond acceptors (Lipinski definition) is 5. The third kappa shape index (κ3) is 4.72. The summed E-state index contributed by atoms with van der Waals surface area (Å²) in [5.41, 5.74) is 8.12. The number of benzene rings is 1. The van der Waals surface area contributed by atoms with Gasteiger partial charge in [0.15, 0.2) is 0 Å². The molecular formula is C26H41N5O. The van der Waals surface area contributed by atoms with Crippen LogP contribution in [-0.2, 0) is 6.54 Å². The summed E-state index contributed by atoms with van der Waals surface area (Å²) in [5, 5.41) is 0.735.